The van der Waals surface area contributed by atoms with E-state index in [-0.39, 0.29) is 11.8 Å². The summed E-state index contributed by atoms with van der Waals surface area (Å²) < 4.78 is 0. The first-order valence-corrected chi connectivity index (χ1v) is 7.45. The molecule has 0 bridgehead atoms. The zero-order valence-corrected chi connectivity index (χ0v) is 12.8. The van der Waals surface area contributed by atoms with Gasteiger partial charge >= 0.3 is 0 Å². The Labute approximate surface area is 127 Å². The largest absolute Gasteiger partial charge is 0.341 e. The maximum Gasteiger partial charge on any atom is 0.253 e. The van der Waals surface area contributed by atoms with Gasteiger partial charge in [-0.1, -0.05) is 0 Å². The summed E-state index contributed by atoms with van der Waals surface area (Å²) in [5.41, 5.74) is 1.29. The van der Waals surface area contributed by atoms with Gasteiger partial charge in [0.25, 0.3) is 5.91 Å². The van der Waals surface area contributed by atoms with Gasteiger partial charge in [0.1, 0.15) is 0 Å². The molecule has 2 amide bonds. The van der Waals surface area contributed by atoms with E-state index >= 15 is 0 Å². The van der Waals surface area contributed by atoms with Crippen molar-refractivity contribution >= 4 is 28.8 Å². The third kappa shape index (κ3) is 4.39. The summed E-state index contributed by atoms with van der Waals surface area (Å²) in [5, 5.41) is 5.63. The SMILES string of the molecule is CC(=O)Nc1ccc(C(=O)N(C)CCc2nccs2)cc1. The van der Waals surface area contributed by atoms with Crippen LogP contribution in [0.4, 0.5) is 5.69 Å². The quantitative estimate of drug-likeness (QED) is 0.922. The summed E-state index contributed by atoms with van der Waals surface area (Å²) in [6.45, 7) is 2.07. The van der Waals surface area contributed by atoms with Crippen LogP contribution in [0, 0.1) is 0 Å². The second-order valence-corrected chi connectivity index (χ2v) is 5.64. The molecule has 0 aliphatic heterocycles. The number of hydrogen-bond donors (Lipinski definition) is 1. The average molecular weight is 303 g/mol. The number of rotatable bonds is 5. The number of nitrogens with one attached hydrogen (secondary N) is 1. The first-order chi connectivity index (χ1) is 10.1. The number of carbonyl (C=O) groups excluding carboxylic acids is 2. The Morgan fingerprint density at radius 2 is 2.00 bits per heavy atom. The molecule has 2 aromatic rings. The van der Waals surface area contributed by atoms with E-state index in [4.69, 9.17) is 0 Å². The fraction of sp³-hybridized carbons (Fsp3) is 0.267. The molecule has 0 fully saturated rings. The fourth-order valence-corrected chi connectivity index (χ4v) is 2.47. The highest BCUT2D eigenvalue weighted by molar-refractivity contribution is 7.09. The van der Waals surface area contributed by atoms with Crippen molar-refractivity contribution in [2.45, 2.75) is 13.3 Å². The highest BCUT2D eigenvalue weighted by Crippen LogP contribution is 2.12. The van der Waals surface area contributed by atoms with Crippen molar-refractivity contribution in [2.75, 3.05) is 18.9 Å². The van der Waals surface area contributed by atoms with E-state index in [2.05, 4.69) is 10.3 Å². The lowest BCUT2D eigenvalue weighted by molar-refractivity contribution is -0.114. The molecule has 1 heterocycles. The first-order valence-electron chi connectivity index (χ1n) is 6.58. The van der Waals surface area contributed by atoms with Crippen LogP contribution >= 0.6 is 11.3 Å². The number of nitrogens with zero attached hydrogens (tertiary/aromatic N) is 2. The van der Waals surface area contributed by atoms with Gasteiger partial charge in [-0.25, -0.2) is 4.98 Å². The Balaban J connectivity index is 1.93. The van der Waals surface area contributed by atoms with E-state index in [1.807, 2.05) is 5.38 Å². The normalized spacial score (nSPS) is 10.2. The molecule has 2 rings (SSSR count). The van der Waals surface area contributed by atoms with Crippen molar-refractivity contribution < 1.29 is 9.59 Å². The number of likely N-dealkylation sites (N-methyl/N-ethyl adjacent to an activating group) is 1. The summed E-state index contributed by atoms with van der Waals surface area (Å²) in [6.07, 6.45) is 2.52. The average Bonchev–Trinajstić information content (AvgIpc) is 2.97. The predicted octanol–water partition coefficient (Wildman–Crippen LogP) is 2.42. The highest BCUT2D eigenvalue weighted by Gasteiger charge is 2.12. The van der Waals surface area contributed by atoms with Gasteiger partial charge < -0.3 is 10.2 Å². The minimum Gasteiger partial charge on any atom is -0.341 e. The molecule has 1 N–H and O–H groups in total. The smallest absolute Gasteiger partial charge is 0.253 e. The first kappa shape index (κ1) is 15.2. The van der Waals surface area contributed by atoms with Crippen LogP contribution in [0.5, 0.6) is 0 Å². The zero-order chi connectivity index (χ0) is 15.2. The van der Waals surface area contributed by atoms with E-state index in [9.17, 15) is 9.59 Å². The summed E-state index contributed by atoms with van der Waals surface area (Å²) in [5.74, 6) is -0.171. The molecule has 0 spiro atoms. The van der Waals surface area contributed by atoms with Crippen molar-refractivity contribution in [3.05, 3.63) is 46.4 Å². The van der Waals surface area contributed by atoms with Crippen molar-refractivity contribution in [2.24, 2.45) is 0 Å². The Bertz CT molecular complexity index is 608. The van der Waals surface area contributed by atoms with Crippen LogP contribution in [0.3, 0.4) is 0 Å². The van der Waals surface area contributed by atoms with Crippen LogP contribution in [0.1, 0.15) is 22.3 Å². The Morgan fingerprint density at radius 3 is 2.57 bits per heavy atom. The molecule has 0 saturated carbocycles. The predicted molar refractivity (Wildman–Crippen MR) is 83.5 cm³/mol. The third-order valence-electron chi connectivity index (χ3n) is 2.94. The van der Waals surface area contributed by atoms with E-state index in [1.165, 1.54) is 6.92 Å². The lowest BCUT2D eigenvalue weighted by Gasteiger charge is -2.16. The van der Waals surface area contributed by atoms with Crippen LogP contribution < -0.4 is 5.32 Å². The Morgan fingerprint density at radius 1 is 1.29 bits per heavy atom. The second kappa shape index (κ2) is 6.99. The number of aromatic nitrogens is 1. The second-order valence-electron chi connectivity index (χ2n) is 4.66. The van der Waals surface area contributed by atoms with Crippen molar-refractivity contribution in [1.29, 1.82) is 0 Å². The maximum absolute atomic E-state index is 12.3. The van der Waals surface area contributed by atoms with Crippen LogP contribution in [0.2, 0.25) is 0 Å². The van der Waals surface area contributed by atoms with Gasteiger partial charge in [-0.05, 0) is 24.3 Å². The molecule has 21 heavy (non-hydrogen) atoms. The summed E-state index contributed by atoms with van der Waals surface area (Å²) in [6, 6.07) is 6.88. The molecule has 5 nitrogen and oxygen atoms in total. The molecule has 1 aromatic heterocycles. The van der Waals surface area contributed by atoms with Crippen LogP contribution in [0.15, 0.2) is 35.8 Å². The number of thiazole rings is 1. The monoisotopic (exact) mass is 303 g/mol. The van der Waals surface area contributed by atoms with Gasteiger partial charge in [0.05, 0.1) is 5.01 Å². The van der Waals surface area contributed by atoms with E-state index in [1.54, 1.807) is 53.7 Å². The molecule has 0 radical (unpaired) electrons. The number of benzene rings is 1. The maximum atomic E-state index is 12.3. The van der Waals surface area contributed by atoms with Crippen molar-refractivity contribution in [3.63, 3.8) is 0 Å². The van der Waals surface area contributed by atoms with Gasteiger partial charge in [0, 0.05) is 49.8 Å². The van der Waals surface area contributed by atoms with Gasteiger partial charge in [-0.2, -0.15) is 0 Å². The van der Waals surface area contributed by atoms with Gasteiger partial charge in [0.2, 0.25) is 5.91 Å². The number of carbonyl (C=O) groups is 2. The van der Waals surface area contributed by atoms with E-state index in [0.29, 0.717) is 17.8 Å². The Kier molecular flexibility index (Phi) is 5.05. The lowest BCUT2D eigenvalue weighted by Crippen LogP contribution is -2.28. The lowest BCUT2D eigenvalue weighted by atomic mass is 10.2. The molecule has 110 valence electrons. The zero-order valence-electron chi connectivity index (χ0n) is 12.0. The van der Waals surface area contributed by atoms with Gasteiger partial charge in [0.15, 0.2) is 0 Å². The summed E-state index contributed by atoms with van der Waals surface area (Å²) >= 11 is 1.59. The van der Waals surface area contributed by atoms with Crippen molar-refractivity contribution in [1.82, 2.24) is 9.88 Å². The third-order valence-corrected chi connectivity index (χ3v) is 3.78. The molecule has 6 heteroatoms. The topological polar surface area (TPSA) is 62.3 Å². The molecule has 0 unspecified atom stereocenters. The summed E-state index contributed by atoms with van der Waals surface area (Å²) in [7, 11) is 1.78. The van der Waals surface area contributed by atoms with Gasteiger partial charge in [-0.3, -0.25) is 9.59 Å². The highest BCUT2D eigenvalue weighted by atomic mass is 32.1. The molecule has 0 saturated heterocycles. The fourth-order valence-electron chi connectivity index (χ4n) is 1.86. The van der Waals surface area contributed by atoms with Crippen LogP contribution in [-0.4, -0.2) is 35.3 Å². The van der Waals surface area contributed by atoms with E-state index < -0.39 is 0 Å². The minimum absolute atomic E-state index is 0.0408. The van der Waals surface area contributed by atoms with Crippen LogP contribution in [-0.2, 0) is 11.2 Å². The van der Waals surface area contributed by atoms with Crippen LogP contribution in [0.25, 0.3) is 0 Å². The van der Waals surface area contributed by atoms with Crippen molar-refractivity contribution in [3.8, 4) is 0 Å². The van der Waals surface area contributed by atoms with E-state index in [0.717, 1.165) is 11.4 Å². The molecular formula is C15H17N3O2S. The minimum atomic E-state index is -0.130. The number of anilines is 1. The summed E-state index contributed by atoms with van der Waals surface area (Å²) in [4.78, 5) is 29.1. The number of hydrogen-bond acceptors (Lipinski definition) is 4. The molecule has 0 atom stereocenters. The Hall–Kier alpha value is -2.21. The molecular weight excluding hydrogens is 286 g/mol. The number of amides is 2. The van der Waals surface area contributed by atoms with Gasteiger partial charge in [-0.15, -0.1) is 11.3 Å². The molecule has 0 aliphatic rings. The molecule has 1 aromatic carbocycles. The standard InChI is InChI=1S/C15H17N3O2S/c1-11(19)17-13-5-3-12(4-6-13)15(20)18(2)9-7-14-16-8-10-21-14/h3-6,8,10H,7,9H2,1-2H3,(H,17,19). The molecule has 0 aliphatic carbocycles.